The number of hydrogen-bond acceptors (Lipinski definition) is 1. The summed E-state index contributed by atoms with van der Waals surface area (Å²) >= 11 is 3.53. The fraction of sp³-hybridized carbons (Fsp3) is 0.125. The van der Waals surface area contributed by atoms with E-state index < -0.39 is 5.54 Å². The predicted octanol–water partition coefficient (Wildman–Crippen LogP) is 5.78. The molecule has 0 radical (unpaired) electrons. The zero-order chi connectivity index (χ0) is 19.0. The molecular weight excluding hydrogens is 398 g/mol. The molecule has 0 spiro atoms. The van der Waals surface area contributed by atoms with E-state index >= 15 is 0 Å². The molecule has 1 atom stereocenters. The first-order chi connectivity index (χ1) is 13.1. The van der Waals surface area contributed by atoms with Gasteiger partial charge >= 0.3 is 0 Å². The molecule has 1 unspecified atom stereocenters. The lowest BCUT2D eigenvalue weighted by atomic mass is 9.79. The summed E-state index contributed by atoms with van der Waals surface area (Å²) in [6.45, 7) is 5.85. The molecule has 4 rings (SSSR count). The number of carbonyl (C=O) groups is 1. The highest BCUT2D eigenvalue weighted by Gasteiger charge is 2.48. The van der Waals surface area contributed by atoms with Gasteiger partial charge in [0.15, 0.2) is 0 Å². The number of amides is 1. The minimum Gasteiger partial charge on any atom is -0.294 e. The molecule has 1 heterocycles. The van der Waals surface area contributed by atoms with E-state index in [1.165, 1.54) is 17.2 Å². The standard InChI is InChI=1S/C24H20BrNO/c1-3-23(27)26-22-14-9-17(2)15-18(22)16-24(26,19-7-5-4-6-8-19)20-10-12-21(25)13-11-20/h3-15H,1,16H2,2H3. The van der Waals surface area contributed by atoms with Gasteiger partial charge in [0.05, 0.1) is 0 Å². The van der Waals surface area contributed by atoms with Crippen molar-refractivity contribution in [2.45, 2.75) is 18.9 Å². The van der Waals surface area contributed by atoms with Crippen molar-refractivity contribution >= 4 is 27.5 Å². The van der Waals surface area contributed by atoms with Crippen LogP contribution in [0.4, 0.5) is 5.69 Å². The lowest BCUT2D eigenvalue weighted by molar-refractivity contribution is -0.115. The number of rotatable bonds is 3. The molecule has 27 heavy (non-hydrogen) atoms. The molecule has 0 fully saturated rings. The van der Waals surface area contributed by atoms with Crippen molar-refractivity contribution in [3.05, 3.63) is 112 Å². The number of benzene rings is 3. The van der Waals surface area contributed by atoms with Gasteiger partial charge in [-0.2, -0.15) is 0 Å². The fourth-order valence-electron chi connectivity index (χ4n) is 4.10. The number of anilines is 1. The molecule has 0 bridgehead atoms. The van der Waals surface area contributed by atoms with Crippen molar-refractivity contribution in [2.75, 3.05) is 4.90 Å². The second-order valence-corrected chi connectivity index (χ2v) is 7.84. The Labute approximate surface area is 168 Å². The Morgan fingerprint density at radius 1 is 1.04 bits per heavy atom. The topological polar surface area (TPSA) is 20.3 Å². The average molecular weight is 418 g/mol. The highest BCUT2D eigenvalue weighted by molar-refractivity contribution is 9.10. The third-order valence-electron chi connectivity index (χ3n) is 5.27. The van der Waals surface area contributed by atoms with Crippen LogP contribution >= 0.6 is 15.9 Å². The van der Waals surface area contributed by atoms with E-state index in [9.17, 15) is 4.79 Å². The molecule has 1 aliphatic rings. The first-order valence-electron chi connectivity index (χ1n) is 8.94. The minimum absolute atomic E-state index is 0.0932. The predicted molar refractivity (Wildman–Crippen MR) is 114 cm³/mol. The fourth-order valence-corrected chi connectivity index (χ4v) is 4.37. The van der Waals surface area contributed by atoms with Gasteiger partial charge in [-0.15, -0.1) is 0 Å². The summed E-state index contributed by atoms with van der Waals surface area (Å²) in [4.78, 5) is 15.0. The van der Waals surface area contributed by atoms with Gasteiger partial charge in [-0.1, -0.05) is 82.7 Å². The highest BCUT2D eigenvalue weighted by atomic mass is 79.9. The van der Waals surface area contributed by atoms with E-state index in [-0.39, 0.29) is 5.91 Å². The smallest absolute Gasteiger partial charge is 0.251 e. The number of fused-ring (bicyclic) bond motifs is 1. The van der Waals surface area contributed by atoms with Crippen molar-refractivity contribution in [2.24, 2.45) is 0 Å². The molecule has 3 aromatic rings. The molecule has 0 N–H and O–H groups in total. The van der Waals surface area contributed by atoms with E-state index in [4.69, 9.17) is 0 Å². The largest absolute Gasteiger partial charge is 0.294 e. The van der Waals surface area contributed by atoms with Crippen LogP contribution in [0.25, 0.3) is 0 Å². The molecule has 1 amide bonds. The van der Waals surface area contributed by atoms with Crippen LogP contribution in [-0.4, -0.2) is 5.91 Å². The van der Waals surface area contributed by atoms with Crippen LogP contribution in [0.5, 0.6) is 0 Å². The van der Waals surface area contributed by atoms with Crippen LogP contribution in [0.1, 0.15) is 22.3 Å². The number of carbonyl (C=O) groups excluding carboxylic acids is 1. The van der Waals surface area contributed by atoms with Crippen molar-refractivity contribution in [3.63, 3.8) is 0 Å². The van der Waals surface area contributed by atoms with Crippen molar-refractivity contribution in [3.8, 4) is 0 Å². The lowest BCUT2D eigenvalue weighted by Crippen LogP contribution is -2.48. The van der Waals surface area contributed by atoms with Gasteiger partial charge in [0.2, 0.25) is 0 Å². The number of nitrogens with zero attached hydrogens (tertiary/aromatic N) is 1. The third kappa shape index (κ3) is 2.83. The highest BCUT2D eigenvalue weighted by Crippen LogP contribution is 2.49. The number of hydrogen-bond donors (Lipinski definition) is 0. The Bertz CT molecular complexity index is 1010. The summed E-state index contributed by atoms with van der Waals surface area (Å²) in [5.74, 6) is -0.0932. The summed E-state index contributed by atoms with van der Waals surface area (Å²) in [5.41, 5.74) is 4.91. The molecule has 3 heteroatoms. The molecule has 0 saturated carbocycles. The van der Waals surface area contributed by atoms with Crippen LogP contribution in [-0.2, 0) is 16.8 Å². The van der Waals surface area contributed by atoms with E-state index in [0.29, 0.717) is 0 Å². The van der Waals surface area contributed by atoms with Crippen LogP contribution in [0.2, 0.25) is 0 Å². The van der Waals surface area contributed by atoms with E-state index in [1.807, 2.05) is 35.2 Å². The molecule has 134 valence electrons. The molecule has 2 nitrogen and oxygen atoms in total. The zero-order valence-electron chi connectivity index (χ0n) is 15.2. The van der Waals surface area contributed by atoms with Gasteiger partial charge in [-0.25, -0.2) is 0 Å². The molecule has 0 aliphatic carbocycles. The minimum atomic E-state index is -0.594. The zero-order valence-corrected chi connectivity index (χ0v) is 16.7. The first-order valence-corrected chi connectivity index (χ1v) is 9.73. The molecule has 0 saturated heterocycles. The molecule has 1 aliphatic heterocycles. The Hall–Kier alpha value is -2.65. The van der Waals surface area contributed by atoms with Crippen LogP contribution < -0.4 is 4.90 Å². The molecule has 3 aromatic carbocycles. The van der Waals surface area contributed by atoms with E-state index in [2.05, 4.69) is 71.9 Å². The van der Waals surface area contributed by atoms with Gasteiger partial charge in [-0.3, -0.25) is 9.69 Å². The van der Waals surface area contributed by atoms with E-state index in [1.54, 1.807) is 0 Å². The van der Waals surface area contributed by atoms with E-state index in [0.717, 1.165) is 27.7 Å². The van der Waals surface area contributed by atoms with Crippen LogP contribution in [0.15, 0.2) is 89.9 Å². The second kappa shape index (κ2) is 6.82. The summed E-state index contributed by atoms with van der Waals surface area (Å²) in [6, 6.07) is 24.8. The van der Waals surface area contributed by atoms with Crippen LogP contribution in [0, 0.1) is 6.92 Å². The number of halogens is 1. The summed E-state index contributed by atoms with van der Waals surface area (Å²) in [6.07, 6.45) is 2.14. The van der Waals surface area contributed by atoms with Crippen molar-refractivity contribution < 1.29 is 4.79 Å². The average Bonchev–Trinajstić information content (AvgIpc) is 3.03. The molecule has 0 aromatic heterocycles. The maximum Gasteiger partial charge on any atom is 0.251 e. The lowest BCUT2D eigenvalue weighted by Gasteiger charge is -2.39. The summed E-state index contributed by atoms with van der Waals surface area (Å²) in [7, 11) is 0. The first kappa shape index (κ1) is 17.7. The SMILES string of the molecule is C=CC(=O)N1c2ccc(C)cc2CC1(c1ccccc1)c1ccc(Br)cc1. The Kier molecular flexibility index (Phi) is 4.48. The maximum atomic E-state index is 13.1. The van der Waals surface area contributed by atoms with Gasteiger partial charge < -0.3 is 0 Å². The Morgan fingerprint density at radius 2 is 1.70 bits per heavy atom. The third-order valence-corrected chi connectivity index (χ3v) is 5.80. The van der Waals surface area contributed by atoms with Crippen molar-refractivity contribution in [1.29, 1.82) is 0 Å². The Balaban J connectivity index is 2.04. The maximum absolute atomic E-state index is 13.1. The van der Waals surface area contributed by atoms with Gasteiger partial charge in [0.25, 0.3) is 5.91 Å². The summed E-state index contributed by atoms with van der Waals surface area (Å²) in [5, 5.41) is 0. The van der Waals surface area contributed by atoms with Gasteiger partial charge in [0, 0.05) is 16.6 Å². The van der Waals surface area contributed by atoms with Gasteiger partial charge in [0.1, 0.15) is 5.54 Å². The van der Waals surface area contributed by atoms with Gasteiger partial charge in [-0.05, 0) is 47.9 Å². The summed E-state index contributed by atoms with van der Waals surface area (Å²) < 4.78 is 1.02. The normalized spacial score (nSPS) is 18.2. The quantitative estimate of drug-likeness (QED) is 0.494. The Morgan fingerprint density at radius 3 is 2.37 bits per heavy atom. The van der Waals surface area contributed by atoms with Crippen LogP contribution in [0.3, 0.4) is 0 Å². The second-order valence-electron chi connectivity index (χ2n) is 6.92. The monoisotopic (exact) mass is 417 g/mol. The number of aryl methyl sites for hydroxylation is 1. The van der Waals surface area contributed by atoms with Crippen molar-refractivity contribution in [1.82, 2.24) is 0 Å². The molecular formula is C24H20BrNO.